The second-order valence-corrected chi connectivity index (χ2v) is 7.51. The van der Waals surface area contributed by atoms with Crippen molar-refractivity contribution in [2.45, 2.75) is 32.9 Å². The molecule has 6 nitrogen and oxygen atoms in total. The molecule has 1 amide bonds. The molecule has 28 heavy (non-hydrogen) atoms. The second-order valence-electron chi connectivity index (χ2n) is 7.51. The van der Waals surface area contributed by atoms with E-state index in [1.54, 1.807) is 24.5 Å². The molecule has 1 fully saturated rings. The second kappa shape index (κ2) is 8.44. The number of amides is 1. The maximum absolute atomic E-state index is 12.3. The number of nitrogens with one attached hydrogen (secondary N) is 1. The Hall–Kier alpha value is -2.86. The van der Waals surface area contributed by atoms with Crippen LogP contribution in [0.5, 0.6) is 0 Å². The summed E-state index contributed by atoms with van der Waals surface area (Å²) in [5.41, 5.74) is 2.60. The summed E-state index contributed by atoms with van der Waals surface area (Å²) in [7, 11) is 0. The van der Waals surface area contributed by atoms with Gasteiger partial charge in [0.1, 0.15) is 0 Å². The van der Waals surface area contributed by atoms with E-state index in [1.807, 2.05) is 0 Å². The third-order valence-electron chi connectivity index (χ3n) is 5.27. The molecule has 3 heterocycles. The molecule has 0 aliphatic carbocycles. The Morgan fingerprint density at radius 2 is 1.89 bits per heavy atom. The number of aromatic nitrogens is 1. The van der Waals surface area contributed by atoms with Crippen LogP contribution in [0.4, 0.5) is 0 Å². The highest BCUT2D eigenvalue weighted by molar-refractivity contribution is 5.92. The van der Waals surface area contributed by atoms with Gasteiger partial charge in [0.05, 0.1) is 6.26 Å². The van der Waals surface area contributed by atoms with Gasteiger partial charge in [-0.2, -0.15) is 0 Å². The molecule has 1 aliphatic rings. The predicted molar refractivity (Wildman–Crippen MR) is 105 cm³/mol. The lowest BCUT2D eigenvalue weighted by Gasteiger charge is -2.30. The van der Waals surface area contributed by atoms with Crippen molar-refractivity contribution in [1.82, 2.24) is 15.4 Å². The monoisotopic (exact) mass is 379 g/mol. The van der Waals surface area contributed by atoms with Crippen molar-refractivity contribution in [1.29, 1.82) is 0 Å². The molecule has 4 rings (SSSR count). The molecule has 1 N–H and O–H groups in total. The normalized spacial score (nSPS) is 15.6. The number of piperidine rings is 1. The Labute approximate surface area is 164 Å². The van der Waals surface area contributed by atoms with Crippen molar-refractivity contribution in [3.63, 3.8) is 0 Å². The summed E-state index contributed by atoms with van der Waals surface area (Å²) in [5, 5.41) is 6.69. The van der Waals surface area contributed by atoms with E-state index in [-0.39, 0.29) is 11.6 Å². The number of hydrogen-bond donors (Lipinski definition) is 1. The number of furan rings is 1. The van der Waals surface area contributed by atoms with E-state index in [2.05, 4.69) is 46.6 Å². The van der Waals surface area contributed by atoms with E-state index in [0.29, 0.717) is 18.1 Å². The minimum atomic E-state index is -0.270. The Morgan fingerprint density at radius 3 is 2.61 bits per heavy atom. The van der Waals surface area contributed by atoms with E-state index in [9.17, 15) is 4.79 Å². The largest absolute Gasteiger partial charge is 0.461 e. The molecule has 2 aromatic heterocycles. The van der Waals surface area contributed by atoms with Crippen LogP contribution >= 0.6 is 0 Å². The summed E-state index contributed by atoms with van der Waals surface area (Å²) in [5.74, 6) is 1.56. The molecule has 6 heteroatoms. The summed E-state index contributed by atoms with van der Waals surface area (Å²) >= 11 is 0. The summed E-state index contributed by atoms with van der Waals surface area (Å²) in [4.78, 5) is 14.8. The summed E-state index contributed by atoms with van der Waals surface area (Å²) < 4.78 is 10.4. The van der Waals surface area contributed by atoms with E-state index >= 15 is 0 Å². The number of benzene rings is 1. The summed E-state index contributed by atoms with van der Waals surface area (Å²) in [6, 6.07) is 13.5. The first kappa shape index (κ1) is 18.5. The first-order valence-electron chi connectivity index (χ1n) is 9.76. The van der Waals surface area contributed by atoms with Gasteiger partial charge in [0.25, 0.3) is 5.91 Å². The van der Waals surface area contributed by atoms with Crippen molar-refractivity contribution >= 4 is 5.91 Å². The van der Waals surface area contributed by atoms with Gasteiger partial charge in [-0.25, -0.2) is 0 Å². The van der Waals surface area contributed by atoms with Crippen LogP contribution in [0.3, 0.4) is 0 Å². The van der Waals surface area contributed by atoms with Crippen LogP contribution in [0.2, 0.25) is 0 Å². The van der Waals surface area contributed by atoms with E-state index in [0.717, 1.165) is 18.0 Å². The lowest BCUT2D eigenvalue weighted by atomic mass is 9.99. The Balaban J connectivity index is 1.28. The van der Waals surface area contributed by atoms with Gasteiger partial charge in [-0.3, -0.25) is 9.69 Å². The molecule has 0 unspecified atom stereocenters. The molecule has 0 bridgehead atoms. The van der Waals surface area contributed by atoms with Gasteiger partial charge >= 0.3 is 0 Å². The number of carbonyl (C=O) groups is 1. The SMILES string of the molecule is CC1CCN(Cc2ccc(CNC(=O)c3cc(-c4ccco4)on3)cc2)CC1. The van der Waals surface area contributed by atoms with Crippen LogP contribution in [-0.4, -0.2) is 29.1 Å². The molecule has 0 spiro atoms. The maximum atomic E-state index is 12.3. The van der Waals surface area contributed by atoms with Crippen molar-refractivity contribution in [3.05, 3.63) is 65.5 Å². The molecule has 0 saturated carbocycles. The highest BCUT2D eigenvalue weighted by Gasteiger charge is 2.16. The number of rotatable bonds is 6. The Bertz CT molecular complexity index is 892. The summed E-state index contributed by atoms with van der Waals surface area (Å²) in [6.07, 6.45) is 4.12. The van der Waals surface area contributed by atoms with Crippen molar-refractivity contribution in [2.24, 2.45) is 5.92 Å². The van der Waals surface area contributed by atoms with Crippen LogP contribution < -0.4 is 5.32 Å². The van der Waals surface area contributed by atoms with Gasteiger partial charge in [-0.15, -0.1) is 0 Å². The van der Waals surface area contributed by atoms with Crippen molar-refractivity contribution in [3.8, 4) is 11.5 Å². The van der Waals surface area contributed by atoms with Crippen LogP contribution in [0.1, 0.15) is 41.4 Å². The molecule has 3 aromatic rings. The van der Waals surface area contributed by atoms with E-state index in [4.69, 9.17) is 8.94 Å². The van der Waals surface area contributed by atoms with Crippen molar-refractivity contribution < 1.29 is 13.7 Å². The molecule has 1 saturated heterocycles. The van der Waals surface area contributed by atoms with Crippen LogP contribution in [0.25, 0.3) is 11.5 Å². The Kier molecular flexibility index (Phi) is 5.58. The van der Waals surface area contributed by atoms with Gasteiger partial charge in [-0.05, 0) is 55.1 Å². The first-order valence-corrected chi connectivity index (χ1v) is 9.76. The van der Waals surface area contributed by atoms with Crippen molar-refractivity contribution in [2.75, 3.05) is 13.1 Å². The van der Waals surface area contributed by atoms with Crippen LogP contribution in [0.15, 0.2) is 57.7 Å². The smallest absolute Gasteiger partial charge is 0.273 e. The highest BCUT2D eigenvalue weighted by Crippen LogP contribution is 2.21. The molecular weight excluding hydrogens is 354 g/mol. The van der Waals surface area contributed by atoms with Gasteiger partial charge in [0.15, 0.2) is 11.5 Å². The standard InChI is InChI=1S/C22H25N3O3/c1-16-8-10-25(11-9-16)15-18-6-4-17(5-7-18)14-23-22(26)19-13-21(28-24-19)20-3-2-12-27-20/h2-7,12-13,16H,8-11,14-15H2,1H3,(H,23,26). The van der Waals surface area contributed by atoms with Gasteiger partial charge in [0.2, 0.25) is 5.76 Å². The van der Waals surface area contributed by atoms with E-state index in [1.165, 1.54) is 31.5 Å². The fourth-order valence-corrected chi connectivity index (χ4v) is 3.43. The number of carbonyl (C=O) groups excluding carboxylic acids is 1. The van der Waals surface area contributed by atoms with Gasteiger partial charge in [0, 0.05) is 19.2 Å². The number of likely N-dealkylation sites (tertiary alicyclic amines) is 1. The van der Waals surface area contributed by atoms with Gasteiger partial charge < -0.3 is 14.3 Å². The molecule has 146 valence electrons. The predicted octanol–water partition coefficient (Wildman–Crippen LogP) is 4.10. The zero-order valence-corrected chi connectivity index (χ0v) is 16.1. The quantitative estimate of drug-likeness (QED) is 0.698. The lowest BCUT2D eigenvalue weighted by Crippen LogP contribution is -2.32. The molecular formula is C22H25N3O3. The third-order valence-corrected chi connectivity index (χ3v) is 5.27. The van der Waals surface area contributed by atoms with E-state index < -0.39 is 0 Å². The fraction of sp³-hybridized carbons (Fsp3) is 0.364. The minimum absolute atomic E-state index is 0.238. The molecule has 1 aromatic carbocycles. The number of nitrogens with zero attached hydrogens (tertiary/aromatic N) is 2. The topological polar surface area (TPSA) is 71.5 Å². The average Bonchev–Trinajstić information content (AvgIpc) is 3.41. The zero-order chi connectivity index (χ0) is 19.3. The third kappa shape index (κ3) is 4.51. The minimum Gasteiger partial charge on any atom is -0.461 e. The zero-order valence-electron chi connectivity index (χ0n) is 16.1. The van der Waals surface area contributed by atoms with Gasteiger partial charge in [-0.1, -0.05) is 36.3 Å². The first-order chi connectivity index (χ1) is 13.7. The molecule has 0 atom stereocenters. The number of hydrogen-bond acceptors (Lipinski definition) is 5. The highest BCUT2D eigenvalue weighted by atomic mass is 16.5. The molecule has 1 aliphatic heterocycles. The lowest BCUT2D eigenvalue weighted by molar-refractivity contribution is 0.0942. The summed E-state index contributed by atoms with van der Waals surface area (Å²) in [6.45, 7) is 6.13. The molecule has 0 radical (unpaired) electrons. The Morgan fingerprint density at radius 1 is 1.14 bits per heavy atom. The van der Waals surface area contributed by atoms with Crippen LogP contribution in [0, 0.1) is 5.92 Å². The fourth-order valence-electron chi connectivity index (χ4n) is 3.43. The average molecular weight is 379 g/mol. The van der Waals surface area contributed by atoms with Crippen LogP contribution in [-0.2, 0) is 13.1 Å². The maximum Gasteiger partial charge on any atom is 0.273 e.